The number of nitrogens with zero attached hydrogens (tertiary/aromatic N) is 5. The monoisotopic (exact) mass is 434 g/mol. The molecule has 2 heterocycles. The summed E-state index contributed by atoms with van der Waals surface area (Å²) in [7, 11) is 2.03. The molecule has 0 radical (unpaired) electrons. The maximum Gasteiger partial charge on any atom is 0.194 e. The Morgan fingerprint density at radius 2 is 2.32 bits per heavy atom. The minimum absolute atomic E-state index is 0. The second kappa shape index (κ2) is 9.78. The number of nitrogens with one attached hydrogen (secondary N) is 1. The Balaban J connectivity index is 0.00000242. The van der Waals surface area contributed by atoms with E-state index >= 15 is 0 Å². The molecule has 0 aromatic carbocycles. The average Bonchev–Trinajstić information content (AvgIpc) is 3.10. The molecule has 2 aromatic heterocycles. The zero-order valence-corrected chi connectivity index (χ0v) is 16.3. The van der Waals surface area contributed by atoms with E-state index < -0.39 is 0 Å². The van der Waals surface area contributed by atoms with Crippen LogP contribution in [0.2, 0.25) is 0 Å². The Morgan fingerprint density at radius 1 is 1.50 bits per heavy atom. The van der Waals surface area contributed by atoms with Crippen molar-refractivity contribution in [3.63, 3.8) is 0 Å². The maximum atomic E-state index is 4.64. The number of aliphatic imine (C=N–C) groups is 1. The van der Waals surface area contributed by atoms with E-state index in [0.717, 1.165) is 36.3 Å². The van der Waals surface area contributed by atoms with Gasteiger partial charge in [-0.15, -0.1) is 35.3 Å². The zero-order valence-electron chi connectivity index (χ0n) is 13.2. The van der Waals surface area contributed by atoms with Crippen LogP contribution >= 0.6 is 35.3 Å². The second-order valence-electron chi connectivity index (χ2n) is 4.72. The molecule has 0 spiro atoms. The summed E-state index contributed by atoms with van der Waals surface area (Å²) in [6.07, 6.45) is 3.73. The first-order valence-corrected chi connectivity index (χ1v) is 7.95. The van der Waals surface area contributed by atoms with Gasteiger partial charge in [-0.05, 0) is 19.9 Å². The molecule has 0 aliphatic carbocycles. The van der Waals surface area contributed by atoms with E-state index in [0.29, 0.717) is 6.54 Å². The van der Waals surface area contributed by atoms with E-state index in [1.165, 1.54) is 0 Å². The fourth-order valence-corrected chi connectivity index (χ4v) is 2.56. The van der Waals surface area contributed by atoms with Crippen LogP contribution in [0, 0.1) is 6.92 Å². The lowest BCUT2D eigenvalue weighted by Crippen LogP contribution is -2.38. The van der Waals surface area contributed by atoms with Crippen molar-refractivity contribution in [2.75, 3.05) is 20.1 Å². The molecule has 0 saturated heterocycles. The highest BCUT2D eigenvalue weighted by atomic mass is 127. The highest BCUT2D eigenvalue weighted by Crippen LogP contribution is 2.09. The number of aryl methyl sites for hydroxylation is 1. The summed E-state index contributed by atoms with van der Waals surface area (Å²) in [5.74, 6) is 0.898. The van der Waals surface area contributed by atoms with Crippen LogP contribution in [-0.2, 0) is 13.1 Å². The van der Waals surface area contributed by atoms with Crippen LogP contribution in [0.25, 0.3) is 0 Å². The molecule has 1 N–H and O–H groups in total. The van der Waals surface area contributed by atoms with Gasteiger partial charge in [0.05, 0.1) is 30.3 Å². The number of guanidine groups is 1. The predicted molar refractivity (Wildman–Crippen MR) is 102 cm³/mol. The summed E-state index contributed by atoms with van der Waals surface area (Å²) >= 11 is 1.68. The second-order valence-corrected chi connectivity index (χ2v) is 5.78. The van der Waals surface area contributed by atoms with Crippen molar-refractivity contribution in [3.8, 4) is 0 Å². The van der Waals surface area contributed by atoms with E-state index in [-0.39, 0.29) is 24.0 Å². The van der Waals surface area contributed by atoms with Crippen LogP contribution in [-0.4, -0.2) is 45.8 Å². The van der Waals surface area contributed by atoms with Gasteiger partial charge >= 0.3 is 0 Å². The Bertz CT molecular complexity index is 566. The van der Waals surface area contributed by atoms with E-state index in [9.17, 15) is 0 Å². The molecular formula is C14H23IN6S. The van der Waals surface area contributed by atoms with Gasteiger partial charge in [-0.3, -0.25) is 9.67 Å². The summed E-state index contributed by atoms with van der Waals surface area (Å²) in [4.78, 5) is 11.2. The van der Waals surface area contributed by atoms with E-state index in [1.54, 1.807) is 17.5 Å². The molecule has 0 aliphatic heterocycles. The number of aromatic nitrogens is 3. The van der Waals surface area contributed by atoms with Crippen LogP contribution in [0.1, 0.15) is 17.6 Å². The van der Waals surface area contributed by atoms with Crippen LogP contribution in [0.15, 0.2) is 28.8 Å². The van der Waals surface area contributed by atoms with Crippen LogP contribution in [0.3, 0.4) is 0 Å². The maximum absolute atomic E-state index is 4.64. The summed E-state index contributed by atoms with van der Waals surface area (Å²) in [5.41, 5.74) is 1.08. The summed E-state index contributed by atoms with van der Waals surface area (Å²) < 4.78 is 1.89. The quantitative estimate of drug-likeness (QED) is 0.431. The van der Waals surface area contributed by atoms with Crippen molar-refractivity contribution >= 4 is 41.3 Å². The highest BCUT2D eigenvalue weighted by molar-refractivity contribution is 14.0. The molecule has 6 nitrogen and oxygen atoms in total. The number of hydrogen-bond acceptors (Lipinski definition) is 4. The zero-order chi connectivity index (χ0) is 15.1. The summed E-state index contributed by atoms with van der Waals surface area (Å²) in [6, 6.07) is 1.92. The molecule has 0 unspecified atom stereocenters. The molecule has 0 fully saturated rings. The van der Waals surface area contributed by atoms with Gasteiger partial charge in [-0.25, -0.2) is 4.98 Å². The third-order valence-corrected chi connectivity index (χ3v) is 3.73. The summed E-state index contributed by atoms with van der Waals surface area (Å²) in [6.45, 7) is 7.19. The first-order valence-electron chi connectivity index (χ1n) is 7.07. The molecule has 22 heavy (non-hydrogen) atoms. The normalized spacial score (nSPS) is 11.1. The fourth-order valence-electron chi connectivity index (χ4n) is 1.96. The lowest BCUT2D eigenvalue weighted by atomic mass is 10.4. The molecule has 0 amide bonds. The Labute approximate surface area is 152 Å². The van der Waals surface area contributed by atoms with Crippen molar-refractivity contribution in [3.05, 3.63) is 34.5 Å². The van der Waals surface area contributed by atoms with Gasteiger partial charge in [0.15, 0.2) is 5.96 Å². The van der Waals surface area contributed by atoms with Crippen molar-refractivity contribution in [1.29, 1.82) is 0 Å². The van der Waals surface area contributed by atoms with Crippen LogP contribution < -0.4 is 5.32 Å². The van der Waals surface area contributed by atoms with E-state index in [4.69, 9.17) is 0 Å². The standard InChI is InChI=1S/C14H22N6S.HI/c1-4-15-14(16-7-9-20-8-5-6-17-20)19(3)10-13-11-21-12(2)18-13;/h5-6,8,11H,4,7,9-10H2,1-3H3,(H,15,16);1H. The number of hydrogen-bond donors (Lipinski definition) is 1. The molecule has 2 rings (SSSR count). The predicted octanol–water partition coefficient (Wildman–Crippen LogP) is 2.36. The van der Waals surface area contributed by atoms with Crippen molar-refractivity contribution in [2.45, 2.75) is 26.9 Å². The smallest absolute Gasteiger partial charge is 0.194 e. The molecule has 0 saturated carbocycles. The molecule has 0 atom stereocenters. The van der Waals surface area contributed by atoms with Gasteiger partial charge in [0.1, 0.15) is 0 Å². The molecule has 0 bridgehead atoms. The van der Waals surface area contributed by atoms with Crippen LogP contribution in [0.5, 0.6) is 0 Å². The third kappa shape index (κ3) is 5.91. The van der Waals surface area contributed by atoms with E-state index in [2.05, 4.69) is 37.6 Å². The largest absolute Gasteiger partial charge is 0.357 e. The van der Waals surface area contributed by atoms with Gasteiger partial charge in [0.2, 0.25) is 0 Å². The Morgan fingerprint density at radius 3 is 2.91 bits per heavy atom. The van der Waals surface area contributed by atoms with Gasteiger partial charge in [-0.2, -0.15) is 5.10 Å². The lowest BCUT2D eigenvalue weighted by Gasteiger charge is -2.21. The molecule has 8 heteroatoms. The van der Waals surface area contributed by atoms with E-state index in [1.807, 2.05) is 30.9 Å². The Kier molecular flexibility index (Phi) is 8.39. The van der Waals surface area contributed by atoms with Gasteiger partial charge in [0.25, 0.3) is 0 Å². The molecule has 0 aliphatic rings. The molecular weight excluding hydrogens is 411 g/mol. The highest BCUT2D eigenvalue weighted by Gasteiger charge is 2.08. The van der Waals surface area contributed by atoms with Gasteiger partial charge in [0, 0.05) is 31.4 Å². The number of halogens is 1. The Hall–Kier alpha value is -1.16. The van der Waals surface area contributed by atoms with Crippen LogP contribution in [0.4, 0.5) is 0 Å². The minimum atomic E-state index is 0. The van der Waals surface area contributed by atoms with Gasteiger partial charge in [-0.1, -0.05) is 0 Å². The fraction of sp³-hybridized carbons (Fsp3) is 0.500. The number of rotatable bonds is 6. The third-order valence-electron chi connectivity index (χ3n) is 2.91. The topological polar surface area (TPSA) is 58.3 Å². The first kappa shape index (κ1) is 18.9. The average molecular weight is 434 g/mol. The molecule has 2 aromatic rings. The van der Waals surface area contributed by atoms with Gasteiger partial charge < -0.3 is 10.2 Å². The SMILES string of the molecule is CCNC(=NCCn1cccn1)N(C)Cc1csc(C)n1.I. The van der Waals surface area contributed by atoms with Crippen molar-refractivity contribution in [1.82, 2.24) is 25.0 Å². The molecule has 122 valence electrons. The lowest BCUT2D eigenvalue weighted by molar-refractivity contribution is 0.469. The van der Waals surface area contributed by atoms with Crippen molar-refractivity contribution in [2.24, 2.45) is 4.99 Å². The summed E-state index contributed by atoms with van der Waals surface area (Å²) in [5, 5.41) is 10.7. The first-order chi connectivity index (χ1) is 10.2. The van der Waals surface area contributed by atoms with Crippen molar-refractivity contribution < 1.29 is 0 Å². The minimum Gasteiger partial charge on any atom is -0.357 e. The number of thiazole rings is 1.